The van der Waals surface area contributed by atoms with Gasteiger partial charge in [0.2, 0.25) is 10.2 Å². The van der Waals surface area contributed by atoms with Crippen LogP contribution in [0.3, 0.4) is 0 Å². The molecule has 8 nitrogen and oxygen atoms in total. The molecule has 1 atom stereocenters. The average Bonchev–Trinajstić information content (AvgIpc) is 3.79. The topological polar surface area (TPSA) is 93.5 Å². The summed E-state index contributed by atoms with van der Waals surface area (Å²) in [6, 6.07) is 24.6. The van der Waals surface area contributed by atoms with Crippen LogP contribution in [0.1, 0.15) is 36.3 Å². The smallest absolute Gasteiger partial charge is 0.295 e. The van der Waals surface area contributed by atoms with E-state index >= 15 is 0 Å². The Morgan fingerprint density at radius 3 is 2.52 bits per heavy atom. The van der Waals surface area contributed by atoms with Crippen LogP contribution < -0.4 is 10.1 Å². The molecular weight excluding hydrogens is 569 g/mol. The van der Waals surface area contributed by atoms with E-state index in [-0.39, 0.29) is 16.7 Å². The molecule has 1 unspecified atom stereocenters. The lowest BCUT2D eigenvalue weighted by Gasteiger charge is -2.19. The third-order valence-corrected chi connectivity index (χ3v) is 10.4. The van der Waals surface area contributed by atoms with E-state index in [1.54, 1.807) is 17.6 Å². The lowest BCUT2D eigenvalue weighted by Crippen LogP contribution is -2.34. The molecule has 0 radical (unpaired) electrons. The number of para-hydroxylation sites is 2. The Hall–Kier alpha value is -3.99. The fraction of sp³-hybridized carbons (Fsp3) is 0.250. The van der Waals surface area contributed by atoms with Gasteiger partial charge in [0.05, 0.1) is 5.52 Å². The highest BCUT2D eigenvalue weighted by molar-refractivity contribution is 7.92. The lowest BCUT2D eigenvalue weighted by molar-refractivity contribution is -0.121. The Balaban J connectivity index is 1.37. The molecule has 6 rings (SSSR count). The third kappa shape index (κ3) is 6.11. The third-order valence-electron chi connectivity index (χ3n) is 7.55. The number of thiazole rings is 1. The van der Waals surface area contributed by atoms with Crippen LogP contribution in [0.25, 0.3) is 10.9 Å². The number of hydrogen-bond acceptors (Lipinski definition) is 7. The summed E-state index contributed by atoms with van der Waals surface area (Å²) in [4.78, 5) is 19.8. The minimum atomic E-state index is -3.92. The first-order valence-corrected chi connectivity index (χ1v) is 16.4. The van der Waals surface area contributed by atoms with Crippen molar-refractivity contribution >= 4 is 38.2 Å². The van der Waals surface area contributed by atoms with Crippen LogP contribution in [0.4, 0.5) is 0 Å². The number of nitrogens with zero attached hydrogens (tertiary/aromatic N) is 3. The molecule has 42 heavy (non-hydrogen) atoms. The summed E-state index contributed by atoms with van der Waals surface area (Å²) in [7, 11) is -3.92. The van der Waals surface area contributed by atoms with Gasteiger partial charge in [0.1, 0.15) is 11.5 Å². The second-order valence-electron chi connectivity index (χ2n) is 10.3. The number of hydrogen-bond donors (Lipinski definition) is 1. The summed E-state index contributed by atoms with van der Waals surface area (Å²) >= 11 is 1.08. The highest BCUT2D eigenvalue weighted by Gasteiger charge is 2.28. The molecule has 0 aliphatic carbocycles. The van der Waals surface area contributed by atoms with E-state index in [1.807, 2.05) is 72.8 Å². The molecule has 3 heterocycles. The van der Waals surface area contributed by atoms with Crippen molar-refractivity contribution in [3.63, 3.8) is 0 Å². The van der Waals surface area contributed by atoms with Gasteiger partial charge in [-0.15, -0.1) is 11.3 Å². The van der Waals surface area contributed by atoms with Crippen molar-refractivity contribution in [3.8, 4) is 11.5 Å². The number of nitrogens with one attached hydrogen (secondary N) is 1. The molecule has 5 aromatic rings. The molecule has 1 aliphatic rings. The Morgan fingerprint density at radius 2 is 1.74 bits per heavy atom. The van der Waals surface area contributed by atoms with Crippen LogP contribution >= 0.6 is 11.3 Å². The van der Waals surface area contributed by atoms with Gasteiger partial charge >= 0.3 is 0 Å². The molecule has 1 aliphatic heterocycles. The molecule has 0 saturated carbocycles. The highest BCUT2D eigenvalue weighted by atomic mass is 32.2. The summed E-state index contributed by atoms with van der Waals surface area (Å²) in [6.45, 7) is 3.53. The molecule has 1 fully saturated rings. The van der Waals surface area contributed by atoms with Crippen molar-refractivity contribution in [1.29, 1.82) is 0 Å². The molecule has 2 aromatic heterocycles. The van der Waals surface area contributed by atoms with Crippen LogP contribution in [0.15, 0.2) is 101 Å². The highest BCUT2D eigenvalue weighted by Crippen LogP contribution is 2.38. The van der Waals surface area contributed by atoms with E-state index in [2.05, 4.69) is 15.2 Å². The first-order chi connectivity index (χ1) is 20.5. The minimum absolute atomic E-state index is 0.0178. The van der Waals surface area contributed by atoms with E-state index in [0.717, 1.165) is 47.5 Å². The molecule has 10 heteroatoms. The predicted molar refractivity (Wildman–Crippen MR) is 165 cm³/mol. The molecule has 1 amide bonds. The van der Waals surface area contributed by atoms with Gasteiger partial charge < -0.3 is 15.0 Å². The first kappa shape index (κ1) is 28.1. The number of aromatic nitrogens is 2. The van der Waals surface area contributed by atoms with E-state index in [4.69, 9.17) is 4.74 Å². The predicted octanol–water partition coefficient (Wildman–Crippen LogP) is 5.86. The van der Waals surface area contributed by atoms with Crippen LogP contribution in [0.2, 0.25) is 0 Å². The van der Waals surface area contributed by atoms with Crippen LogP contribution in [0.5, 0.6) is 11.5 Å². The molecule has 0 bridgehead atoms. The summed E-state index contributed by atoms with van der Waals surface area (Å²) in [5.74, 6) is 0.830. The van der Waals surface area contributed by atoms with Crippen LogP contribution in [-0.2, 0) is 14.8 Å². The maximum Gasteiger partial charge on any atom is 0.295 e. The SMILES string of the molecule is O=C(CC(c1cccc(Oc2ccccc2)c1)c1cn(S(=O)(=O)c2nccs2)c2ccccc12)NCCN1CCCC1. The first-order valence-electron chi connectivity index (χ1n) is 14.1. The Kier molecular flexibility index (Phi) is 8.36. The number of rotatable bonds is 11. The van der Waals surface area contributed by atoms with Crippen molar-refractivity contribution in [2.75, 3.05) is 26.2 Å². The van der Waals surface area contributed by atoms with Crippen molar-refractivity contribution in [1.82, 2.24) is 19.2 Å². The maximum atomic E-state index is 13.6. The van der Waals surface area contributed by atoms with Gasteiger partial charge in [0.15, 0.2) is 0 Å². The summed E-state index contributed by atoms with van der Waals surface area (Å²) in [6.07, 6.45) is 5.68. The number of ether oxygens (including phenoxy) is 1. The van der Waals surface area contributed by atoms with E-state index in [0.29, 0.717) is 23.6 Å². The van der Waals surface area contributed by atoms with Gasteiger partial charge in [-0.1, -0.05) is 48.5 Å². The molecule has 1 saturated heterocycles. The number of fused-ring (bicyclic) bond motifs is 1. The summed E-state index contributed by atoms with van der Waals surface area (Å²) in [5, 5.41) is 5.51. The van der Waals surface area contributed by atoms with Crippen LogP contribution in [-0.4, -0.2) is 54.4 Å². The maximum absolute atomic E-state index is 13.6. The summed E-state index contributed by atoms with van der Waals surface area (Å²) < 4.78 is 34.7. The fourth-order valence-corrected chi connectivity index (χ4v) is 7.80. The number of benzene rings is 3. The Labute approximate surface area is 249 Å². The number of amides is 1. The number of carbonyl (C=O) groups excluding carboxylic acids is 1. The summed E-state index contributed by atoms with van der Waals surface area (Å²) in [5.41, 5.74) is 2.14. The van der Waals surface area contributed by atoms with Crippen molar-refractivity contribution in [2.45, 2.75) is 29.5 Å². The standard InChI is InChI=1S/C32H32N4O4S2/c37-31(33-15-19-35-17-6-7-18-35)22-28(24-9-8-12-26(21-24)40-25-10-2-1-3-11-25)29-23-36(30-14-5-4-13-27(29)30)42(38,39)32-34-16-20-41-32/h1-5,8-14,16,20-21,23,28H,6-7,15,17-19,22H2,(H,33,37). The van der Waals surface area contributed by atoms with Gasteiger partial charge in [-0.3, -0.25) is 4.79 Å². The van der Waals surface area contributed by atoms with Crippen molar-refractivity contribution in [2.24, 2.45) is 0 Å². The zero-order valence-electron chi connectivity index (χ0n) is 23.1. The van der Waals surface area contributed by atoms with E-state index < -0.39 is 15.9 Å². The molecule has 1 N–H and O–H groups in total. The number of carbonyl (C=O) groups is 1. The second kappa shape index (κ2) is 12.5. The normalized spacial score (nSPS) is 14.7. The van der Waals surface area contributed by atoms with E-state index in [9.17, 15) is 13.2 Å². The Morgan fingerprint density at radius 1 is 0.976 bits per heavy atom. The largest absolute Gasteiger partial charge is 0.457 e. The average molecular weight is 601 g/mol. The van der Waals surface area contributed by atoms with Gasteiger partial charge in [-0.2, -0.15) is 8.42 Å². The quantitative estimate of drug-likeness (QED) is 0.204. The number of likely N-dealkylation sites (tertiary alicyclic amines) is 1. The van der Waals surface area contributed by atoms with Crippen molar-refractivity contribution in [3.05, 3.63) is 108 Å². The zero-order chi connectivity index (χ0) is 28.9. The monoisotopic (exact) mass is 600 g/mol. The molecule has 216 valence electrons. The zero-order valence-corrected chi connectivity index (χ0v) is 24.7. The van der Waals surface area contributed by atoms with Gasteiger partial charge in [-0.25, -0.2) is 8.96 Å². The second-order valence-corrected chi connectivity index (χ2v) is 13.2. The molecular formula is C32H32N4O4S2. The van der Waals surface area contributed by atoms with Gasteiger partial charge in [-0.05, 0) is 67.4 Å². The molecule has 3 aromatic carbocycles. The lowest BCUT2D eigenvalue weighted by atomic mass is 9.88. The molecule has 0 spiro atoms. The van der Waals surface area contributed by atoms with Crippen molar-refractivity contribution < 1.29 is 17.9 Å². The van der Waals surface area contributed by atoms with E-state index in [1.165, 1.54) is 23.0 Å². The van der Waals surface area contributed by atoms with Gasteiger partial charge in [0, 0.05) is 48.6 Å². The Bertz CT molecular complexity index is 1760. The minimum Gasteiger partial charge on any atom is -0.457 e. The fourth-order valence-electron chi connectivity index (χ4n) is 5.52. The van der Waals surface area contributed by atoms with Crippen LogP contribution in [0, 0.1) is 0 Å². The van der Waals surface area contributed by atoms with Gasteiger partial charge in [0.25, 0.3) is 10.0 Å².